The first-order chi connectivity index (χ1) is 8.89. The fraction of sp³-hybridized carbons (Fsp3) is 0.615. The molecule has 2 rings (SSSR count). The Morgan fingerprint density at radius 3 is 2.53 bits per heavy atom. The van der Waals surface area contributed by atoms with Gasteiger partial charge in [-0.3, -0.25) is 0 Å². The lowest BCUT2D eigenvalue weighted by Crippen LogP contribution is -2.39. The molecule has 0 atom stereocenters. The molecule has 1 aliphatic carbocycles. The number of aromatic nitrogens is 1. The van der Waals surface area contributed by atoms with Crippen LogP contribution in [0.4, 0.5) is 5.82 Å². The van der Waals surface area contributed by atoms with E-state index in [1.165, 1.54) is 6.26 Å². The molecule has 0 amide bonds. The molecule has 0 aliphatic heterocycles. The fourth-order valence-corrected chi connectivity index (χ4v) is 3.45. The van der Waals surface area contributed by atoms with Gasteiger partial charge in [-0.05, 0) is 37.8 Å². The number of anilines is 1. The molecule has 0 radical (unpaired) electrons. The van der Waals surface area contributed by atoms with Crippen LogP contribution < -0.4 is 10.6 Å². The summed E-state index contributed by atoms with van der Waals surface area (Å²) in [6.45, 7) is 0. The van der Waals surface area contributed by atoms with Crippen LogP contribution in [-0.4, -0.2) is 38.8 Å². The zero-order chi connectivity index (χ0) is 14.0. The minimum absolute atomic E-state index is 0.280. The van der Waals surface area contributed by atoms with Gasteiger partial charge >= 0.3 is 0 Å². The third kappa shape index (κ3) is 3.25. The number of nitrogens with two attached hydrogens (primary N) is 1. The number of pyridine rings is 1. The highest BCUT2D eigenvalue weighted by Crippen LogP contribution is 2.28. The van der Waals surface area contributed by atoms with Crippen molar-refractivity contribution in [3.63, 3.8) is 0 Å². The molecule has 2 N–H and O–H groups in total. The Balaban J connectivity index is 2.27. The Kier molecular flexibility index (Phi) is 4.10. The van der Waals surface area contributed by atoms with Gasteiger partial charge in [0.25, 0.3) is 0 Å². The summed E-state index contributed by atoms with van der Waals surface area (Å²) in [4.78, 5) is 6.54. The highest BCUT2D eigenvalue weighted by Gasteiger charge is 2.26. The van der Waals surface area contributed by atoms with Crippen molar-refractivity contribution >= 4 is 15.7 Å². The first kappa shape index (κ1) is 14.3. The monoisotopic (exact) mass is 283 g/mol. The van der Waals surface area contributed by atoms with Crippen molar-refractivity contribution in [3.8, 4) is 0 Å². The highest BCUT2D eigenvalue weighted by atomic mass is 32.2. The van der Waals surface area contributed by atoms with Crippen molar-refractivity contribution in [2.75, 3.05) is 18.2 Å². The van der Waals surface area contributed by atoms with Crippen molar-refractivity contribution in [3.05, 3.63) is 18.3 Å². The second-order valence-corrected chi connectivity index (χ2v) is 7.26. The summed E-state index contributed by atoms with van der Waals surface area (Å²) >= 11 is 0. The first-order valence-electron chi connectivity index (χ1n) is 6.53. The Bertz CT molecular complexity index is 537. The molecule has 6 heteroatoms. The van der Waals surface area contributed by atoms with E-state index < -0.39 is 9.84 Å². The van der Waals surface area contributed by atoms with Crippen LogP contribution in [0.2, 0.25) is 0 Å². The van der Waals surface area contributed by atoms with Gasteiger partial charge in [-0.25, -0.2) is 13.4 Å². The third-order valence-corrected chi connectivity index (χ3v) is 4.89. The molecule has 1 fully saturated rings. The van der Waals surface area contributed by atoms with Crippen LogP contribution in [0.3, 0.4) is 0 Å². The standard InChI is InChI=1S/C13H21N3O2S/c1-16(11-7-5-10(14)6-8-11)13-12(19(2,17)18)4-3-9-15-13/h3-4,9-11H,5-8,14H2,1-2H3. The van der Waals surface area contributed by atoms with Gasteiger partial charge in [0.05, 0.1) is 0 Å². The van der Waals surface area contributed by atoms with E-state index in [0.717, 1.165) is 25.7 Å². The average Bonchev–Trinajstić information content (AvgIpc) is 2.38. The summed E-state index contributed by atoms with van der Waals surface area (Å²) < 4.78 is 23.6. The first-order valence-corrected chi connectivity index (χ1v) is 8.42. The zero-order valence-corrected chi connectivity index (χ0v) is 12.2. The van der Waals surface area contributed by atoms with Gasteiger partial charge in [-0.1, -0.05) is 0 Å². The van der Waals surface area contributed by atoms with Gasteiger partial charge in [0.15, 0.2) is 9.84 Å². The van der Waals surface area contributed by atoms with Crippen LogP contribution in [-0.2, 0) is 9.84 Å². The van der Waals surface area contributed by atoms with Crippen molar-refractivity contribution in [1.82, 2.24) is 4.98 Å². The molecular weight excluding hydrogens is 262 g/mol. The smallest absolute Gasteiger partial charge is 0.179 e. The maximum Gasteiger partial charge on any atom is 0.179 e. The lowest BCUT2D eigenvalue weighted by atomic mass is 9.91. The predicted molar refractivity (Wildman–Crippen MR) is 76.0 cm³/mol. The van der Waals surface area contributed by atoms with Crippen LogP contribution in [0.25, 0.3) is 0 Å². The average molecular weight is 283 g/mol. The van der Waals surface area contributed by atoms with Gasteiger partial charge in [0.2, 0.25) is 0 Å². The topological polar surface area (TPSA) is 76.3 Å². The maximum absolute atomic E-state index is 11.8. The molecule has 0 aromatic carbocycles. The number of hydrogen-bond acceptors (Lipinski definition) is 5. The van der Waals surface area contributed by atoms with E-state index in [4.69, 9.17) is 5.73 Å². The van der Waals surface area contributed by atoms with Crippen molar-refractivity contribution in [2.45, 2.75) is 42.7 Å². The van der Waals surface area contributed by atoms with E-state index >= 15 is 0 Å². The van der Waals surface area contributed by atoms with Crippen molar-refractivity contribution in [2.24, 2.45) is 5.73 Å². The lowest BCUT2D eigenvalue weighted by Gasteiger charge is -2.34. The SMILES string of the molecule is CN(c1ncccc1S(C)(=O)=O)C1CCC(N)CC1. The summed E-state index contributed by atoms with van der Waals surface area (Å²) in [5, 5.41) is 0. The molecule has 1 aromatic rings. The second kappa shape index (κ2) is 5.46. The number of nitrogens with zero attached hydrogens (tertiary/aromatic N) is 2. The summed E-state index contributed by atoms with van der Waals surface area (Å²) in [5.41, 5.74) is 5.90. The Hall–Kier alpha value is -1.14. The van der Waals surface area contributed by atoms with Crippen LogP contribution in [0.15, 0.2) is 23.2 Å². The minimum Gasteiger partial charge on any atom is -0.356 e. The summed E-state index contributed by atoms with van der Waals surface area (Å²) in [6, 6.07) is 3.87. The largest absolute Gasteiger partial charge is 0.356 e. The molecule has 0 saturated heterocycles. The molecule has 1 aliphatic rings. The van der Waals surface area contributed by atoms with E-state index in [0.29, 0.717) is 16.8 Å². The van der Waals surface area contributed by atoms with Gasteiger partial charge in [-0.15, -0.1) is 0 Å². The third-order valence-electron chi connectivity index (χ3n) is 3.77. The van der Waals surface area contributed by atoms with E-state index in [2.05, 4.69) is 4.98 Å². The van der Waals surface area contributed by atoms with Crippen LogP contribution in [0.5, 0.6) is 0 Å². The molecule has 1 heterocycles. The van der Waals surface area contributed by atoms with E-state index in [-0.39, 0.29) is 6.04 Å². The summed E-state index contributed by atoms with van der Waals surface area (Å²) in [6.07, 6.45) is 6.79. The lowest BCUT2D eigenvalue weighted by molar-refractivity contribution is 0.383. The molecule has 19 heavy (non-hydrogen) atoms. The molecule has 106 valence electrons. The van der Waals surface area contributed by atoms with E-state index in [1.54, 1.807) is 18.3 Å². The Morgan fingerprint density at radius 2 is 1.95 bits per heavy atom. The van der Waals surface area contributed by atoms with Crippen molar-refractivity contribution < 1.29 is 8.42 Å². The molecule has 0 unspecified atom stereocenters. The molecule has 0 spiro atoms. The molecule has 5 nitrogen and oxygen atoms in total. The van der Waals surface area contributed by atoms with Gasteiger partial charge in [0.1, 0.15) is 10.7 Å². The highest BCUT2D eigenvalue weighted by molar-refractivity contribution is 7.90. The number of sulfone groups is 1. The van der Waals surface area contributed by atoms with Crippen LogP contribution >= 0.6 is 0 Å². The quantitative estimate of drug-likeness (QED) is 0.901. The molecular formula is C13H21N3O2S. The number of rotatable bonds is 3. The van der Waals surface area contributed by atoms with E-state index in [1.807, 2.05) is 11.9 Å². The zero-order valence-electron chi connectivity index (χ0n) is 11.4. The Morgan fingerprint density at radius 1 is 1.32 bits per heavy atom. The van der Waals surface area contributed by atoms with Crippen molar-refractivity contribution in [1.29, 1.82) is 0 Å². The normalized spacial score (nSPS) is 24.2. The minimum atomic E-state index is -3.26. The number of hydrogen-bond donors (Lipinski definition) is 1. The summed E-state index contributed by atoms with van der Waals surface area (Å²) in [5.74, 6) is 0.547. The fourth-order valence-electron chi connectivity index (χ4n) is 2.60. The van der Waals surface area contributed by atoms with Crippen LogP contribution in [0.1, 0.15) is 25.7 Å². The van der Waals surface area contributed by atoms with Gasteiger partial charge in [0, 0.05) is 31.6 Å². The molecule has 0 bridgehead atoms. The maximum atomic E-state index is 11.8. The molecule has 1 aromatic heterocycles. The van der Waals surface area contributed by atoms with Gasteiger partial charge < -0.3 is 10.6 Å². The van der Waals surface area contributed by atoms with Gasteiger partial charge in [-0.2, -0.15) is 0 Å². The van der Waals surface area contributed by atoms with E-state index in [9.17, 15) is 8.42 Å². The molecule has 1 saturated carbocycles. The predicted octanol–water partition coefficient (Wildman–Crippen LogP) is 1.19. The second-order valence-electron chi connectivity index (χ2n) is 5.28. The van der Waals surface area contributed by atoms with Crippen LogP contribution in [0, 0.1) is 0 Å². The summed E-state index contributed by atoms with van der Waals surface area (Å²) in [7, 11) is -1.34. The Labute approximate surface area is 114 Å².